The lowest BCUT2D eigenvalue weighted by Gasteiger charge is -1.95. The zero-order valence-electron chi connectivity index (χ0n) is 9.51. The number of nitrogens with one attached hydrogen (secondary N) is 1. The molecule has 18 heavy (non-hydrogen) atoms. The Hall–Kier alpha value is -1.40. The van der Waals surface area contributed by atoms with Gasteiger partial charge in [-0.05, 0) is 52.3 Å². The van der Waals surface area contributed by atoms with Crippen molar-refractivity contribution >= 4 is 38.7 Å². The largest absolute Gasteiger partial charge is 0.333 e. The molecule has 3 rings (SSSR count). The lowest BCUT2D eigenvalue weighted by atomic mass is 10.2. The monoisotopic (exact) mass is 320 g/mol. The van der Waals surface area contributed by atoms with Crippen molar-refractivity contribution in [3.63, 3.8) is 0 Å². The number of hydrogen-bond acceptors (Lipinski definition) is 4. The predicted molar refractivity (Wildman–Crippen MR) is 74.7 cm³/mol. The average molecular weight is 321 g/mol. The summed E-state index contributed by atoms with van der Waals surface area (Å²) >= 11 is 4.73. The smallest absolute Gasteiger partial charge is 0.195 e. The van der Waals surface area contributed by atoms with Crippen molar-refractivity contribution in [1.82, 2.24) is 19.9 Å². The van der Waals surface area contributed by atoms with Crippen LogP contribution in [0.4, 0.5) is 0 Å². The predicted octanol–water partition coefficient (Wildman–Crippen LogP) is 3.58. The summed E-state index contributed by atoms with van der Waals surface area (Å²) in [6, 6.07) is 6.14. The molecule has 2 heterocycles. The maximum atomic E-state index is 4.49. The van der Waals surface area contributed by atoms with Crippen LogP contribution in [0, 0.1) is 6.92 Å². The van der Waals surface area contributed by atoms with Crippen molar-refractivity contribution in [2.75, 3.05) is 0 Å². The zero-order valence-corrected chi connectivity index (χ0v) is 11.9. The van der Waals surface area contributed by atoms with Crippen molar-refractivity contribution < 1.29 is 0 Å². The van der Waals surface area contributed by atoms with Gasteiger partial charge in [0.15, 0.2) is 10.3 Å². The van der Waals surface area contributed by atoms with Gasteiger partial charge in [-0.2, -0.15) is 0 Å². The third-order valence-corrected chi connectivity index (χ3v) is 3.59. The highest BCUT2D eigenvalue weighted by atomic mass is 79.9. The Labute approximate surface area is 116 Å². The van der Waals surface area contributed by atoms with Crippen LogP contribution in [0.2, 0.25) is 0 Å². The summed E-state index contributed by atoms with van der Waals surface area (Å²) in [5, 5.41) is 1.48. The number of aryl methyl sites for hydroxylation is 1. The highest BCUT2D eigenvalue weighted by Crippen LogP contribution is 2.25. The van der Waals surface area contributed by atoms with E-state index in [1.807, 2.05) is 12.1 Å². The van der Waals surface area contributed by atoms with Crippen LogP contribution in [-0.2, 0) is 0 Å². The van der Waals surface area contributed by atoms with Gasteiger partial charge in [-0.25, -0.2) is 15.0 Å². The minimum Gasteiger partial charge on any atom is -0.333 e. The molecule has 1 N–H and O–H groups in total. The molecule has 0 unspecified atom stereocenters. The Morgan fingerprint density at radius 2 is 2.00 bits per heavy atom. The van der Waals surface area contributed by atoms with Gasteiger partial charge in [0.05, 0.1) is 15.5 Å². The van der Waals surface area contributed by atoms with Gasteiger partial charge in [-0.1, -0.05) is 6.07 Å². The first-order valence-electron chi connectivity index (χ1n) is 5.32. The molecule has 0 fully saturated rings. The highest BCUT2D eigenvalue weighted by molar-refractivity contribution is 9.10. The zero-order chi connectivity index (χ0) is 12.5. The van der Waals surface area contributed by atoms with Gasteiger partial charge in [0.25, 0.3) is 0 Å². The van der Waals surface area contributed by atoms with Crippen molar-refractivity contribution in [1.29, 1.82) is 0 Å². The van der Waals surface area contributed by atoms with Crippen LogP contribution >= 0.6 is 27.7 Å². The molecule has 0 amide bonds. The van der Waals surface area contributed by atoms with Crippen molar-refractivity contribution in [2.24, 2.45) is 0 Å². The summed E-state index contributed by atoms with van der Waals surface area (Å²) in [7, 11) is 0. The third-order valence-electron chi connectivity index (χ3n) is 2.40. The number of benzene rings is 1. The molecule has 0 radical (unpaired) electrons. The van der Waals surface area contributed by atoms with E-state index in [1.54, 1.807) is 12.4 Å². The van der Waals surface area contributed by atoms with Gasteiger partial charge in [-0.15, -0.1) is 0 Å². The van der Waals surface area contributed by atoms with E-state index in [-0.39, 0.29) is 0 Å². The minimum absolute atomic E-state index is 0.675. The molecule has 0 aliphatic rings. The molecule has 0 saturated carbocycles. The molecule has 2 aromatic heterocycles. The second kappa shape index (κ2) is 4.70. The van der Waals surface area contributed by atoms with Gasteiger partial charge in [-0.3, -0.25) is 0 Å². The Bertz CT molecular complexity index is 693. The molecule has 4 nitrogen and oxygen atoms in total. The summed E-state index contributed by atoms with van der Waals surface area (Å²) in [6.07, 6.45) is 3.45. The topological polar surface area (TPSA) is 54.5 Å². The van der Waals surface area contributed by atoms with Crippen LogP contribution in [0.25, 0.3) is 11.0 Å². The standard InChI is InChI=1S/C12H9BrN4S/c1-7-2-3-9-10(4-7)17-12(16-9)18-11-14-5-8(13)6-15-11/h2-6H,1H3,(H,16,17). The van der Waals surface area contributed by atoms with Crippen LogP contribution in [-0.4, -0.2) is 19.9 Å². The SMILES string of the molecule is Cc1ccc2nc(Sc3ncc(Br)cn3)[nH]c2c1. The number of halogens is 1. The molecule has 90 valence electrons. The minimum atomic E-state index is 0.675. The Balaban J connectivity index is 1.92. The Morgan fingerprint density at radius 3 is 2.78 bits per heavy atom. The molecule has 0 aliphatic carbocycles. The number of fused-ring (bicyclic) bond motifs is 1. The average Bonchev–Trinajstić information content (AvgIpc) is 2.73. The molecule has 3 aromatic rings. The first-order chi connectivity index (χ1) is 8.70. The fraction of sp³-hybridized carbons (Fsp3) is 0.0833. The number of aromatic nitrogens is 4. The van der Waals surface area contributed by atoms with Gasteiger partial charge in [0, 0.05) is 12.4 Å². The van der Waals surface area contributed by atoms with Gasteiger partial charge >= 0.3 is 0 Å². The summed E-state index contributed by atoms with van der Waals surface area (Å²) < 4.78 is 0.868. The Morgan fingerprint density at radius 1 is 1.22 bits per heavy atom. The number of nitrogens with zero attached hydrogens (tertiary/aromatic N) is 3. The first-order valence-corrected chi connectivity index (χ1v) is 6.93. The van der Waals surface area contributed by atoms with Crippen LogP contribution in [0.15, 0.2) is 45.4 Å². The summed E-state index contributed by atoms with van der Waals surface area (Å²) in [5.74, 6) is 0. The van der Waals surface area contributed by atoms with Crippen LogP contribution < -0.4 is 0 Å². The second-order valence-electron chi connectivity index (χ2n) is 3.85. The fourth-order valence-electron chi connectivity index (χ4n) is 1.59. The lowest BCUT2D eigenvalue weighted by Crippen LogP contribution is -1.85. The number of H-pyrrole nitrogens is 1. The van der Waals surface area contributed by atoms with Crippen molar-refractivity contribution in [3.8, 4) is 0 Å². The Kier molecular flexibility index (Phi) is 3.05. The molecule has 0 aliphatic heterocycles. The van der Waals surface area contributed by atoms with Crippen molar-refractivity contribution in [2.45, 2.75) is 17.2 Å². The van der Waals surface area contributed by atoms with E-state index >= 15 is 0 Å². The molecular formula is C12H9BrN4S. The van der Waals surface area contributed by atoms with Crippen LogP contribution in [0.5, 0.6) is 0 Å². The van der Waals surface area contributed by atoms with Gasteiger partial charge < -0.3 is 4.98 Å². The van der Waals surface area contributed by atoms with E-state index in [2.05, 4.69) is 48.9 Å². The molecule has 6 heteroatoms. The summed E-state index contributed by atoms with van der Waals surface area (Å²) in [4.78, 5) is 16.2. The molecule has 1 aromatic carbocycles. The first kappa shape index (κ1) is 11.7. The second-order valence-corrected chi connectivity index (χ2v) is 5.72. The maximum absolute atomic E-state index is 4.49. The normalized spacial score (nSPS) is 11.0. The third kappa shape index (κ3) is 2.39. The maximum Gasteiger partial charge on any atom is 0.195 e. The summed E-state index contributed by atoms with van der Waals surface area (Å²) in [5.41, 5.74) is 3.21. The molecule has 0 atom stereocenters. The van der Waals surface area contributed by atoms with E-state index in [1.165, 1.54) is 17.3 Å². The van der Waals surface area contributed by atoms with E-state index in [4.69, 9.17) is 0 Å². The van der Waals surface area contributed by atoms with Crippen LogP contribution in [0.1, 0.15) is 5.56 Å². The number of rotatable bonds is 2. The molecule has 0 spiro atoms. The highest BCUT2D eigenvalue weighted by Gasteiger charge is 2.06. The molecular weight excluding hydrogens is 312 g/mol. The quantitative estimate of drug-likeness (QED) is 0.733. The van der Waals surface area contributed by atoms with Gasteiger partial charge in [0.2, 0.25) is 0 Å². The van der Waals surface area contributed by atoms with E-state index in [0.717, 1.165) is 20.7 Å². The lowest BCUT2D eigenvalue weighted by molar-refractivity contribution is 0.946. The molecule has 0 saturated heterocycles. The van der Waals surface area contributed by atoms with E-state index in [0.29, 0.717) is 5.16 Å². The van der Waals surface area contributed by atoms with Crippen LogP contribution in [0.3, 0.4) is 0 Å². The fourth-order valence-corrected chi connectivity index (χ4v) is 2.48. The number of imidazole rings is 1. The molecule has 0 bridgehead atoms. The summed E-state index contributed by atoms with van der Waals surface area (Å²) in [6.45, 7) is 2.06. The van der Waals surface area contributed by atoms with E-state index < -0.39 is 0 Å². The van der Waals surface area contributed by atoms with E-state index in [9.17, 15) is 0 Å². The number of hydrogen-bond donors (Lipinski definition) is 1. The van der Waals surface area contributed by atoms with Gasteiger partial charge in [0.1, 0.15) is 0 Å². The van der Waals surface area contributed by atoms with Crippen molar-refractivity contribution in [3.05, 3.63) is 40.6 Å². The number of aromatic amines is 1.